The van der Waals surface area contributed by atoms with Gasteiger partial charge in [-0.2, -0.15) is 0 Å². The van der Waals surface area contributed by atoms with E-state index in [1.54, 1.807) is 6.07 Å². The van der Waals surface area contributed by atoms with E-state index in [1.807, 2.05) is 4.90 Å². The van der Waals surface area contributed by atoms with Crippen LogP contribution < -0.4 is 0 Å². The topological polar surface area (TPSA) is 29.5 Å². The third-order valence-corrected chi connectivity index (χ3v) is 6.46. The molecule has 3 aliphatic rings. The number of benzene rings is 1. The van der Waals surface area contributed by atoms with Gasteiger partial charge in [0.1, 0.15) is 0 Å². The van der Waals surface area contributed by atoms with Gasteiger partial charge < -0.3 is 9.64 Å². The molecule has 3 fully saturated rings. The van der Waals surface area contributed by atoms with Gasteiger partial charge in [0.15, 0.2) is 11.6 Å². The van der Waals surface area contributed by atoms with Crippen molar-refractivity contribution in [2.75, 3.05) is 19.8 Å². The summed E-state index contributed by atoms with van der Waals surface area (Å²) in [7, 11) is 0. The first-order valence-electron chi connectivity index (χ1n) is 8.86. The van der Waals surface area contributed by atoms with Gasteiger partial charge in [-0.3, -0.25) is 4.79 Å². The van der Waals surface area contributed by atoms with Crippen LogP contribution in [0.25, 0.3) is 0 Å². The number of carbonyl (C=O) groups is 1. The molecular weight excluding hydrogens is 312 g/mol. The highest BCUT2D eigenvalue weighted by molar-refractivity contribution is 5.83. The molecule has 0 aromatic heterocycles. The van der Waals surface area contributed by atoms with Gasteiger partial charge in [-0.05, 0) is 55.6 Å². The fourth-order valence-electron chi connectivity index (χ4n) is 4.65. The first-order chi connectivity index (χ1) is 11.5. The lowest BCUT2D eigenvalue weighted by atomic mass is 9.74. The summed E-state index contributed by atoms with van der Waals surface area (Å²) < 4.78 is 32.8. The highest BCUT2D eigenvalue weighted by Crippen LogP contribution is 2.52. The van der Waals surface area contributed by atoms with Crippen molar-refractivity contribution in [3.8, 4) is 0 Å². The van der Waals surface area contributed by atoms with Crippen molar-refractivity contribution >= 4 is 5.91 Å². The van der Waals surface area contributed by atoms with E-state index in [1.165, 1.54) is 6.07 Å². The van der Waals surface area contributed by atoms with Crippen molar-refractivity contribution in [2.45, 2.75) is 44.6 Å². The summed E-state index contributed by atoms with van der Waals surface area (Å²) in [6.45, 7) is 4.45. The second-order valence-corrected chi connectivity index (χ2v) is 7.52. The molecule has 2 heterocycles. The molecule has 5 heteroatoms. The molecule has 2 aliphatic heterocycles. The Bertz CT molecular complexity index is 657. The Morgan fingerprint density at radius 1 is 1.25 bits per heavy atom. The minimum Gasteiger partial charge on any atom is -0.381 e. The van der Waals surface area contributed by atoms with Crippen LogP contribution >= 0.6 is 0 Å². The molecule has 3 nitrogen and oxygen atoms in total. The van der Waals surface area contributed by atoms with E-state index < -0.39 is 11.6 Å². The van der Waals surface area contributed by atoms with Crippen LogP contribution in [0.5, 0.6) is 0 Å². The Hall–Kier alpha value is -1.49. The number of ether oxygens (including phenoxy) is 1. The van der Waals surface area contributed by atoms with Crippen molar-refractivity contribution in [1.82, 2.24) is 4.90 Å². The molecule has 1 amide bonds. The quantitative estimate of drug-likeness (QED) is 0.828. The molecule has 1 aromatic rings. The molecule has 2 saturated heterocycles. The number of carbonyl (C=O) groups excluding carboxylic acids is 1. The Balaban J connectivity index is 1.47. The number of nitrogens with zero attached hydrogens (tertiary/aromatic N) is 1. The van der Waals surface area contributed by atoms with Gasteiger partial charge in [0, 0.05) is 31.7 Å². The number of likely N-dealkylation sites (tertiary alicyclic amines) is 1. The van der Waals surface area contributed by atoms with Gasteiger partial charge in [0.2, 0.25) is 5.91 Å². The van der Waals surface area contributed by atoms with Crippen LogP contribution in [0.3, 0.4) is 0 Å². The minimum absolute atomic E-state index is 0.111. The zero-order valence-electron chi connectivity index (χ0n) is 13.9. The average Bonchev–Trinajstić information content (AvgIpc) is 3.32. The summed E-state index contributed by atoms with van der Waals surface area (Å²) >= 11 is 0. The van der Waals surface area contributed by atoms with E-state index >= 15 is 0 Å². The van der Waals surface area contributed by atoms with Crippen molar-refractivity contribution in [1.29, 1.82) is 0 Å². The van der Waals surface area contributed by atoms with E-state index in [2.05, 4.69) is 6.92 Å². The van der Waals surface area contributed by atoms with Gasteiger partial charge in [0.05, 0.1) is 0 Å². The normalized spacial score (nSPS) is 31.5. The number of rotatable bonds is 2. The maximum atomic E-state index is 14.0. The van der Waals surface area contributed by atoms with Crippen LogP contribution in [-0.4, -0.2) is 36.6 Å². The van der Waals surface area contributed by atoms with Crippen LogP contribution in [0.15, 0.2) is 18.2 Å². The zero-order valence-corrected chi connectivity index (χ0v) is 13.9. The van der Waals surface area contributed by atoms with Crippen molar-refractivity contribution in [3.63, 3.8) is 0 Å². The lowest BCUT2D eigenvalue weighted by molar-refractivity contribution is -0.134. The first-order valence-corrected chi connectivity index (χ1v) is 8.86. The Morgan fingerprint density at radius 2 is 2.00 bits per heavy atom. The molecule has 0 unspecified atom stereocenters. The molecule has 130 valence electrons. The molecule has 1 aliphatic carbocycles. The lowest BCUT2D eigenvalue weighted by Crippen LogP contribution is -2.44. The predicted octanol–water partition coefficient (Wildman–Crippen LogP) is 3.49. The standard InChI is InChI=1S/C19H23F2NO2/c1-12-19(6-9-24-10-7-19)5-8-22(12)18(23)15-11-14(15)13-3-2-4-16(20)17(13)21/h2-4,12,14-15H,5-11H2,1H3/t12-,14+,15-/m0/s1. The van der Waals surface area contributed by atoms with Gasteiger partial charge in [-0.15, -0.1) is 0 Å². The Kier molecular flexibility index (Phi) is 3.87. The first kappa shape index (κ1) is 16.0. The highest BCUT2D eigenvalue weighted by atomic mass is 19.2. The number of hydrogen-bond acceptors (Lipinski definition) is 2. The number of amides is 1. The van der Waals surface area contributed by atoms with E-state index in [9.17, 15) is 13.6 Å². The van der Waals surface area contributed by atoms with E-state index in [4.69, 9.17) is 4.74 Å². The fourth-order valence-corrected chi connectivity index (χ4v) is 4.65. The summed E-state index contributed by atoms with van der Waals surface area (Å²) in [5.41, 5.74) is 0.531. The summed E-state index contributed by atoms with van der Waals surface area (Å²) in [4.78, 5) is 14.9. The van der Waals surface area contributed by atoms with E-state index in [0.717, 1.165) is 45.1 Å². The van der Waals surface area contributed by atoms with Crippen LogP contribution in [0.4, 0.5) is 8.78 Å². The van der Waals surface area contributed by atoms with Gasteiger partial charge in [0.25, 0.3) is 0 Å². The van der Waals surface area contributed by atoms with Crippen molar-refractivity contribution < 1.29 is 18.3 Å². The molecule has 0 bridgehead atoms. The molecule has 0 N–H and O–H groups in total. The Morgan fingerprint density at radius 3 is 2.75 bits per heavy atom. The lowest BCUT2D eigenvalue weighted by Gasteiger charge is -2.39. The number of hydrogen-bond donors (Lipinski definition) is 0. The highest BCUT2D eigenvalue weighted by Gasteiger charge is 2.53. The zero-order chi connectivity index (χ0) is 16.9. The minimum atomic E-state index is -0.832. The molecule has 1 saturated carbocycles. The summed E-state index contributed by atoms with van der Waals surface area (Å²) in [6.07, 6.45) is 3.66. The largest absolute Gasteiger partial charge is 0.381 e. The second-order valence-electron chi connectivity index (χ2n) is 7.52. The summed E-state index contributed by atoms with van der Waals surface area (Å²) in [5, 5.41) is 0. The molecule has 1 aromatic carbocycles. The monoisotopic (exact) mass is 335 g/mol. The van der Waals surface area contributed by atoms with Crippen molar-refractivity contribution in [3.05, 3.63) is 35.4 Å². The molecule has 4 rings (SSSR count). The number of halogens is 2. The maximum absolute atomic E-state index is 14.0. The van der Waals surface area contributed by atoms with Gasteiger partial charge in [-0.25, -0.2) is 8.78 Å². The van der Waals surface area contributed by atoms with Crippen LogP contribution in [0.2, 0.25) is 0 Å². The molecule has 0 radical (unpaired) electrons. The van der Waals surface area contributed by atoms with Crippen molar-refractivity contribution in [2.24, 2.45) is 11.3 Å². The summed E-state index contributed by atoms with van der Waals surface area (Å²) in [5.74, 6) is -1.89. The average molecular weight is 335 g/mol. The molecule has 24 heavy (non-hydrogen) atoms. The smallest absolute Gasteiger partial charge is 0.226 e. The second kappa shape index (κ2) is 5.80. The van der Waals surface area contributed by atoms with E-state index in [0.29, 0.717) is 12.0 Å². The third kappa shape index (κ3) is 2.44. The summed E-state index contributed by atoms with van der Waals surface area (Å²) in [6, 6.07) is 4.44. The van der Waals surface area contributed by atoms with Crippen LogP contribution in [0.1, 0.15) is 44.1 Å². The van der Waals surface area contributed by atoms with Crippen LogP contribution in [-0.2, 0) is 9.53 Å². The van der Waals surface area contributed by atoms with E-state index in [-0.39, 0.29) is 29.2 Å². The SMILES string of the molecule is C[C@@H]1N(C(=O)[C@H]2C[C@@H]2c2cccc(F)c2F)CCC12CCOCC2. The molecular formula is C19H23F2NO2. The fraction of sp³-hybridized carbons (Fsp3) is 0.632. The molecule has 1 spiro atoms. The predicted molar refractivity (Wildman–Crippen MR) is 85.5 cm³/mol. The van der Waals surface area contributed by atoms with Gasteiger partial charge in [-0.1, -0.05) is 12.1 Å². The Labute approximate surface area is 141 Å². The third-order valence-electron chi connectivity index (χ3n) is 6.46. The maximum Gasteiger partial charge on any atom is 0.226 e. The molecule has 3 atom stereocenters. The van der Waals surface area contributed by atoms with Crippen LogP contribution in [0, 0.1) is 23.0 Å². The van der Waals surface area contributed by atoms with Gasteiger partial charge >= 0.3 is 0 Å².